The molecule has 6 heteroatoms. The molecular weight excluding hydrogens is 381 g/mol. The Hall–Kier alpha value is -2.99. The van der Waals surface area contributed by atoms with Crippen molar-refractivity contribution in [1.29, 1.82) is 0 Å². The molecule has 2 heterocycles. The maximum atomic E-state index is 13.2. The first-order chi connectivity index (χ1) is 14.6. The number of piperidine rings is 1. The van der Waals surface area contributed by atoms with Crippen LogP contribution in [0.5, 0.6) is 0 Å². The van der Waals surface area contributed by atoms with Crippen molar-refractivity contribution >= 4 is 5.91 Å². The van der Waals surface area contributed by atoms with Gasteiger partial charge in [-0.05, 0) is 54.7 Å². The van der Waals surface area contributed by atoms with Gasteiger partial charge in [0, 0.05) is 25.7 Å². The predicted molar refractivity (Wildman–Crippen MR) is 113 cm³/mol. The molecule has 30 heavy (non-hydrogen) atoms. The fraction of sp³-hybridized carbons (Fsp3) is 0.333. The highest BCUT2D eigenvalue weighted by atomic mass is 19.1. The minimum Gasteiger partial charge on any atom is -0.376 e. The van der Waals surface area contributed by atoms with Crippen molar-refractivity contribution in [3.63, 3.8) is 0 Å². The fourth-order valence-electron chi connectivity index (χ4n) is 3.89. The number of carbonyl (C=O) groups is 1. The number of ether oxygens (including phenoxy) is 1. The molecule has 0 unspecified atom stereocenters. The Labute approximate surface area is 176 Å². The zero-order valence-electron chi connectivity index (χ0n) is 17.1. The average molecular weight is 407 g/mol. The number of carbonyl (C=O) groups excluding carboxylic acids is 1. The van der Waals surface area contributed by atoms with Crippen molar-refractivity contribution in [2.75, 3.05) is 19.7 Å². The van der Waals surface area contributed by atoms with Crippen molar-refractivity contribution in [3.8, 4) is 11.3 Å². The van der Waals surface area contributed by atoms with Crippen molar-refractivity contribution in [3.05, 3.63) is 77.7 Å². The molecule has 0 spiro atoms. The smallest absolute Gasteiger partial charge is 0.272 e. The number of nitrogens with zero attached hydrogens (tertiary/aromatic N) is 3. The summed E-state index contributed by atoms with van der Waals surface area (Å²) >= 11 is 0. The quantitative estimate of drug-likeness (QED) is 0.612. The molecule has 1 amide bonds. The lowest BCUT2D eigenvalue weighted by atomic mass is 9.98. The van der Waals surface area contributed by atoms with Crippen LogP contribution in [-0.4, -0.2) is 40.3 Å². The Morgan fingerprint density at radius 1 is 1.17 bits per heavy atom. The number of halogens is 1. The molecular formula is C24H26FN3O2. The van der Waals surface area contributed by atoms with Gasteiger partial charge in [0.15, 0.2) is 0 Å². The van der Waals surface area contributed by atoms with E-state index in [1.165, 1.54) is 12.1 Å². The highest BCUT2D eigenvalue weighted by Crippen LogP contribution is 2.23. The van der Waals surface area contributed by atoms with Crippen LogP contribution in [-0.2, 0) is 18.4 Å². The summed E-state index contributed by atoms with van der Waals surface area (Å²) in [5.74, 6) is 0.0159. The summed E-state index contributed by atoms with van der Waals surface area (Å²) in [6.45, 7) is 2.66. The molecule has 1 aromatic heterocycles. The maximum Gasteiger partial charge on any atom is 0.272 e. The number of likely N-dealkylation sites (tertiary alicyclic amines) is 1. The number of aryl methyl sites for hydroxylation is 1. The van der Waals surface area contributed by atoms with E-state index in [9.17, 15) is 9.18 Å². The first-order valence-corrected chi connectivity index (χ1v) is 10.3. The number of hydrogen-bond acceptors (Lipinski definition) is 3. The lowest BCUT2D eigenvalue weighted by molar-refractivity contribution is 0.0419. The molecule has 0 bridgehead atoms. The normalized spacial score (nSPS) is 16.6. The molecule has 156 valence electrons. The Morgan fingerprint density at radius 2 is 1.93 bits per heavy atom. The summed E-state index contributed by atoms with van der Waals surface area (Å²) in [5.41, 5.74) is 3.15. The molecule has 0 saturated carbocycles. The zero-order valence-corrected chi connectivity index (χ0v) is 17.1. The SMILES string of the molecule is Cn1nc(-c2ccc(F)cc2)cc1C(=O)N1CCC[C@H](COCc2ccccc2)C1. The maximum absolute atomic E-state index is 13.2. The molecule has 1 aliphatic heterocycles. The number of rotatable bonds is 6. The van der Waals surface area contributed by atoms with Gasteiger partial charge in [-0.25, -0.2) is 4.39 Å². The molecule has 0 N–H and O–H groups in total. The summed E-state index contributed by atoms with van der Waals surface area (Å²) in [5, 5.41) is 4.45. The van der Waals surface area contributed by atoms with Gasteiger partial charge in [0.05, 0.1) is 18.9 Å². The molecule has 3 aromatic rings. The van der Waals surface area contributed by atoms with Crippen LogP contribution < -0.4 is 0 Å². The van der Waals surface area contributed by atoms with Gasteiger partial charge >= 0.3 is 0 Å². The van der Waals surface area contributed by atoms with E-state index in [0.29, 0.717) is 37.1 Å². The summed E-state index contributed by atoms with van der Waals surface area (Å²) in [7, 11) is 1.77. The predicted octanol–water partition coefficient (Wildman–Crippen LogP) is 4.30. The first kappa shape index (κ1) is 20.3. The van der Waals surface area contributed by atoms with E-state index in [0.717, 1.165) is 30.5 Å². The zero-order chi connectivity index (χ0) is 20.9. The van der Waals surface area contributed by atoms with Crippen LogP contribution in [0, 0.1) is 11.7 Å². The monoisotopic (exact) mass is 407 g/mol. The molecule has 0 radical (unpaired) electrons. The van der Waals surface area contributed by atoms with Gasteiger partial charge in [-0.1, -0.05) is 30.3 Å². The standard InChI is InChI=1S/C24H26FN3O2/c1-27-23(14-22(26-27)20-9-11-21(25)12-10-20)24(29)28-13-5-8-19(15-28)17-30-16-18-6-3-2-4-7-18/h2-4,6-7,9-12,14,19H,5,8,13,15-17H2,1H3/t19-/m0/s1. The van der Waals surface area contributed by atoms with Crippen LogP contribution in [0.15, 0.2) is 60.7 Å². The van der Waals surface area contributed by atoms with Gasteiger partial charge in [0.1, 0.15) is 11.5 Å². The Kier molecular flexibility index (Phi) is 6.23. The number of hydrogen-bond donors (Lipinski definition) is 0. The van der Waals surface area contributed by atoms with Crippen molar-refractivity contribution in [2.24, 2.45) is 13.0 Å². The Morgan fingerprint density at radius 3 is 2.70 bits per heavy atom. The summed E-state index contributed by atoms with van der Waals surface area (Å²) < 4.78 is 20.7. The van der Waals surface area contributed by atoms with Crippen molar-refractivity contribution in [1.82, 2.24) is 14.7 Å². The average Bonchev–Trinajstić information content (AvgIpc) is 3.16. The molecule has 0 aliphatic carbocycles. The highest BCUT2D eigenvalue weighted by Gasteiger charge is 2.27. The van der Waals surface area contributed by atoms with Gasteiger partial charge < -0.3 is 9.64 Å². The molecule has 1 aliphatic rings. The molecule has 4 rings (SSSR count). The van der Waals surface area contributed by atoms with E-state index >= 15 is 0 Å². The van der Waals surface area contributed by atoms with Crippen LogP contribution in [0.25, 0.3) is 11.3 Å². The third-order valence-corrected chi connectivity index (χ3v) is 5.51. The second-order valence-electron chi connectivity index (χ2n) is 7.81. The van der Waals surface area contributed by atoms with Crippen LogP contribution in [0.1, 0.15) is 28.9 Å². The van der Waals surface area contributed by atoms with Crippen molar-refractivity contribution < 1.29 is 13.9 Å². The van der Waals surface area contributed by atoms with Crippen LogP contribution in [0.3, 0.4) is 0 Å². The molecule has 1 atom stereocenters. The van der Waals surface area contributed by atoms with E-state index in [1.54, 1.807) is 29.9 Å². The van der Waals surface area contributed by atoms with Crippen molar-refractivity contribution in [2.45, 2.75) is 19.4 Å². The minimum atomic E-state index is -0.292. The Bertz CT molecular complexity index is 985. The fourth-order valence-corrected chi connectivity index (χ4v) is 3.89. The number of amides is 1. The Balaban J connectivity index is 1.37. The minimum absolute atomic E-state index is 0.0221. The molecule has 1 saturated heterocycles. The summed E-state index contributed by atoms with van der Waals surface area (Å²) in [6, 6.07) is 18.0. The first-order valence-electron chi connectivity index (χ1n) is 10.3. The highest BCUT2D eigenvalue weighted by molar-refractivity contribution is 5.93. The number of aromatic nitrogens is 2. The van der Waals surface area contributed by atoms with E-state index in [-0.39, 0.29) is 11.7 Å². The third kappa shape index (κ3) is 4.76. The van der Waals surface area contributed by atoms with Crippen LogP contribution >= 0.6 is 0 Å². The summed E-state index contributed by atoms with van der Waals surface area (Å²) in [6.07, 6.45) is 2.03. The second-order valence-corrected chi connectivity index (χ2v) is 7.81. The molecule has 2 aromatic carbocycles. The van der Waals surface area contributed by atoms with Gasteiger partial charge in [-0.15, -0.1) is 0 Å². The molecule has 1 fully saturated rings. The van der Waals surface area contributed by atoms with Crippen LogP contribution in [0.2, 0.25) is 0 Å². The summed E-state index contributed by atoms with van der Waals surface area (Å²) in [4.78, 5) is 15.0. The lowest BCUT2D eigenvalue weighted by Gasteiger charge is -2.32. The van der Waals surface area contributed by atoms with E-state index in [2.05, 4.69) is 17.2 Å². The van der Waals surface area contributed by atoms with Gasteiger partial charge in [-0.2, -0.15) is 5.10 Å². The van der Waals surface area contributed by atoms with Gasteiger partial charge in [-0.3, -0.25) is 9.48 Å². The third-order valence-electron chi connectivity index (χ3n) is 5.51. The largest absolute Gasteiger partial charge is 0.376 e. The van der Waals surface area contributed by atoms with E-state index < -0.39 is 0 Å². The number of benzene rings is 2. The van der Waals surface area contributed by atoms with Gasteiger partial charge in [0.25, 0.3) is 5.91 Å². The molecule has 5 nitrogen and oxygen atoms in total. The van der Waals surface area contributed by atoms with E-state index in [1.807, 2.05) is 23.1 Å². The lowest BCUT2D eigenvalue weighted by Crippen LogP contribution is -2.41. The topological polar surface area (TPSA) is 47.4 Å². The van der Waals surface area contributed by atoms with Gasteiger partial charge in [0.2, 0.25) is 0 Å². The second kappa shape index (κ2) is 9.22. The van der Waals surface area contributed by atoms with Crippen LogP contribution in [0.4, 0.5) is 4.39 Å². The van der Waals surface area contributed by atoms with E-state index in [4.69, 9.17) is 4.74 Å².